The molecule has 2 heterocycles. The zero-order chi connectivity index (χ0) is 21.2. The van der Waals surface area contributed by atoms with Crippen LogP contribution in [0.3, 0.4) is 0 Å². The van der Waals surface area contributed by atoms with Crippen molar-refractivity contribution in [2.24, 2.45) is 5.92 Å². The third kappa shape index (κ3) is 4.87. The number of halogens is 3. The van der Waals surface area contributed by atoms with Crippen molar-refractivity contribution in [2.45, 2.75) is 25.1 Å². The Morgan fingerprint density at radius 2 is 1.86 bits per heavy atom. The van der Waals surface area contributed by atoms with Crippen LogP contribution in [0.5, 0.6) is 0 Å². The van der Waals surface area contributed by atoms with Gasteiger partial charge in [0, 0.05) is 45.0 Å². The average Bonchev–Trinajstić information content (AvgIpc) is 3.17. The smallest absolute Gasteiger partial charge is 0.378 e. The number of nitrogens with one attached hydrogen (secondary N) is 2. The lowest BCUT2D eigenvalue weighted by atomic mass is 9.88. The van der Waals surface area contributed by atoms with E-state index in [1.807, 2.05) is 50.2 Å². The molecule has 1 fully saturated rings. The first-order valence-electron chi connectivity index (χ1n) is 9.48. The number of alkyl halides is 3. The van der Waals surface area contributed by atoms with E-state index < -0.39 is 11.9 Å². The van der Waals surface area contributed by atoms with E-state index in [1.54, 1.807) is 0 Å². The molecule has 1 saturated heterocycles. The van der Waals surface area contributed by atoms with Crippen LogP contribution < -0.4 is 15.5 Å². The molecule has 29 heavy (non-hydrogen) atoms. The van der Waals surface area contributed by atoms with Crippen LogP contribution in [0.4, 0.5) is 18.9 Å². The van der Waals surface area contributed by atoms with Gasteiger partial charge in [-0.3, -0.25) is 9.78 Å². The lowest BCUT2D eigenvalue weighted by Crippen LogP contribution is -2.36. The standard InChI is InChI=1S/C21H25F3N4O/c1-13(14-4-7-16(8-5-14)28(2)3)27-20(29)18-12-25-11-17(18)15-6-9-19(26-10-15)21(22,23)24/h4-10,13,17-18,25H,11-12H2,1-3H3,(H,27,29)/t13-,17+,18-/m0/s1. The maximum absolute atomic E-state index is 12.9. The summed E-state index contributed by atoms with van der Waals surface area (Å²) in [5.41, 5.74) is 1.76. The summed E-state index contributed by atoms with van der Waals surface area (Å²) in [5.74, 6) is -0.700. The number of hydrogen-bond acceptors (Lipinski definition) is 4. The van der Waals surface area contributed by atoms with Crippen molar-refractivity contribution >= 4 is 11.6 Å². The van der Waals surface area contributed by atoms with Gasteiger partial charge in [0.15, 0.2) is 0 Å². The molecule has 1 aliphatic heterocycles. The highest BCUT2D eigenvalue weighted by atomic mass is 19.4. The zero-order valence-corrected chi connectivity index (χ0v) is 16.6. The van der Waals surface area contributed by atoms with Gasteiger partial charge in [-0.1, -0.05) is 18.2 Å². The third-order valence-corrected chi connectivity index (χ3v) is 5.32. The highest BCUT2D eigenvalue weighted by molar-refractivity contribution is 5.81. The van der Waals surface area contributed by atoms with Crippen molar-refractivity contribution in [3.05, 3.63) is 59.4 Å². The molecule has 3 atom stereocenters. The molecular formula is C21H25F3N4O. The molecule has 2 aromatic rings. The second-order valence-corrected chi connectivity index (χ2v) is 7.56. The first-order valence-corrected chi connectivity index (χ1v) is 9.48. The number of nitrogens with zero attached hydrogens (tertiary/aromatic N) is 2. The highest BCUT2D eigenvalue weighted by Gasteiger charge is 2.36. The number of carbonyl (C=O) groups excluding carboxylic acids is 1. The fraction of sp³-hybridized carbons (Fsp3) is 0.429. The largest absolute Gasteiger partial charge is 0.433 e. The van der Waals surface area contributed by atoms with Gasteiger partial charge in [0.1, 0.15) is 5.69 Å². The summed E-state index contributed by atoms with van der Waals surface area (Å²) in [6, 6.07) is 10.1. The van der Waals surface area contributed by atoms with E-state index in [9.17, 15) is 18.0 Å². The van der Waals surface area contributed by atoms with E-state index in [1.165, 1.54) is 12.3 Å². The molecule has 1 aromatic carbocycles. The summed E-state index contributed by atoms with van der Waals surface area (Å²) >= 11 is 0. The van der Waals surface area contributed by atoms with Gasteiger partial charge in [0.05, 0.1) is 12.0 Å². The first kappa shape index (κ1) is 21.1. The van der Waals surface area contributed by atoms with E-state index in [4.69, 9.17) is 0 Å². The van der Waals surface area contributed by atoms with Crippen molar-refractivity contribution in [3.8, 4) is 0 Å². The lowest BCUT2D eigenvalue weighted by molar-refractivity contribution is -0.141. The summed E-state index contributed by atoms with van der Waals surface area (Å²) in [7, 11) is 3.92. The van der Waals surface area contributed by atoms with Crippen LogP contribution in [0, 0.1) is 5.92 Å². The lowest BCUT2D eigenvalue weighted by Gasteiger charge is -2.22. The Kier molecular flexibility index (Phi) is 6.12. The number of carbonyl (C=O) groups is 1. The molecule has 0 aliphatic carbocycles. The monoisotopic (exact) mass is 406 g/mol. The molecule has 0 radical (unpaired) electrons. The van der Waals surface area contributed by atoms with Crippen LogP contribution in [0.15, 0.2) is 42.6 Å². The van der Waals surface area contributed by atoms with Crippen LogP contribution in [-0.2, 0) is 11.0 Å². The second-order valence-electron chi connectivity index (χ2n) is 7.56. The maximum Gasteiger partial charge on any atom is 0.433 e. The molecule has 0 saturated carbocycles. The SMILES string of the molecule is C[C@H](NC(=O)[C@H]1CNC[C@@H]1c1ccc(C(F)(F)F)nc1)c1ccc(N(C)C)cc1. The van der Waals surface area contributed by atoms with Gasteiger partial charge in [-0.2, -0.15) is 13.2 Å². The minimum Gasteiger partial charge on any atom is -0.378 e. The normalized spacial score (nSPS) is 20.3. The number of benzene rings is 1. The molecule has 1 aromatic heterocycles. The Morgan fingerprint density at radius 3 is 2.41 bits per heavy atom. The third-order valence-electron chi connectivity index (χ3n) is 5.32. The second kappa shape index (κ2) is 8.41. The molecule has 0 bridgehead atoms. The van der Waals surface area contributed by atoms with Crippen LogP contribution in [0.25, 0.3) is 0 Å². The molecular weight excluding hydrogens is 381 g/mol. The first-order chi connectivity index (χ1) is 13.7. The Morgan fingerprint density at radius 1 is 1.17 bits per heavy atom. The molecule has 0 spiro atoms. The van der Waals surface area contributed by atoms with Crippen molar-refractivity contribution < 1.29 is 18.0 Å². The minimum atomic E-state index is -4.47. The fourth-order valence-corrected chi connectivity index (χ4v) is 3.56. The molecule has 8 heteroatoms. The average molecular weight is 406 g/mol. The number of amides is 1. The summed E-state index contributed by atoms with van der Waals surface area (Å²) < 4.78 is 38.2. The Labute approximate surface area is 168 Å². The molecule has 1 amide bonds. The van der Waals surface area contributed by atoms with Gasteiger partial charge < -0.3 is 15.5 Å². The van der Waals surface area contributed by atoms with Crippen LogP contribution in [0.2, 0.25) is 0 Å². The van der Waals surface area contributed by atoms with E-state index in [0.717, 1.165) is 17.3 Å². The van der Waals surface area contributed by atoms with Gasteiger partial charge in [0.2, 0.25) is 5.91 Å². The van der Waals surface area contributed by atoms with Crippen LogP contribution in [0.1, 0.15) is 35.7 Å². The van der Waals surface area contributed by atoms with Crippen LogP contribution in [-0.4, -0.2) is 38.1 Å². The molecule has 0 unspecified atom stereocenters. The molecule has 2 N–H and O–H groups in total. The number of anilines is 1. The summed E-state index contributed by atoms with van der Waals surface area (Å²) in [6.45, 7) is 2.92. The van der Waals surface area contributed by atoms with E-state index in [2.05, 4.69) is 15.6 Å². The van der Waals surface area contributed by atoms with Gasteiger partial charge in [-0.15, -0.1) is 0 Å². The molecule has 5 nitrogen and oxygen atoms in total. The minimum absolute atomic E-state index is 0.121. The van der Waals surface area contributed by atoms with Crippen LogP contribution >= 0.6 is 0 Å². The van der Waals surface area contributed by atoms with Crippen molar-refractivity contribution in [2.75, 3.05) is 32.1 Å². The molecule has 1 aliphatic rings. The number of rotatable bonds is 5. The summed E-state index contributed by atoms with van der Waals surface area (Å²) in [4.78, 5) is 18.4. The Balaban J connectivity index is 1.68. The number of pyridine rings is 1. The Hall–Kier alpha value is -2.61. The van der Waals surface area contributed by atoms with E-state index >= 15 is 0 Å². The fourth-order valence-electron chi connectivity index (χ4n) is 3.56. The predicted molar refractivity (Wildman–Crippen MR) is 106 cm³/mol. The van der Waals surface area contributed by atoms with Gasteiger partial charge >= 0.3 is 6.18 Å². The van der Waals surface area contributed by atoms with E-state index in [0.29, 0.717) is 18.7 Å². The molecule has 156 valence electrons. The van der Waals surface area contributed by atoms with Crippen molar-refractivity contribution in [3.63, 3.8) is 0 Å². The quantitative estimate of drug-likeness (QED) is 0.800. The molecule has 3 rings (SSSR count). The number of hydrogen-bond donors (Lipinski definition) is 2. The zero-order valence-electron chi connectivity index (χ0n) is 16.6. The van der Waals surface area contributed by atoms with Gasteiger partial charge in [0.25, 0.3) is 0 Å². The van der Waals surface area contributed by atoms with Gasteiger partial charge in [-0.05, 0) is 36.2 Å². The number of aromatic nitrogens is 1. The topological polar surface area (TPSA) is 57.3 Å². The summed E-state index contributed by atoms with van der Waals surface area (Å²) in [5, 5.41) is 6.19. The Bertz CT molecular complexity index is 834. The highest BCUT2D eigenvalue weighted by Crippen LogP contribution is 2.32. The van der Waals surface area contributed by atoms with E-state index in [-0.39, 0.29) is 23.8 Å². The summed E-state index contributed by atoms with van der Waals surface area (Å²) in [6.07, 6.45) is -3.25. The maximum atomic E-state index is 12.9. The van der Waals surface area contributed by atoms with Crippen molar-refractivity contribution in [1.29, 1.82) is 0 Å². The predicted octanol–water partition coefficient (Wildman–Crippen LogP) is 3.35. The van der Waals surface area contributed by atoms with Gasteiger partial charge in [-0.25, -0.2) is 0 Å². The van der Waals surface area contributed by atoms with Crippen molar-refractivity contribution in [1.82, 2.24) is 15.6 Å².